The molecule has 1 amide bonds. The average Bonchev–Trinajstić information content (AvgIpc) is 2.35. The fourth-order valence-electron chi connectivity index (χ4n) is 1.33. The lowest BCUT2D eigenvalue weighted by molar-refractivity contribution is -0.142. The van der Waals surface area contributed by atoms with Crippen molar-refractivity contribution in [3.05, 3.63) is 22.3 Å². The number of aromatic nitrogens is 1. The molecule has 1 aromatic heterocycles. The molecular weight excluding hydrogens is 267 g/mol. The molecule has 1 N–H and O–H groups in total. The molecule has 92 valence electrons. The number of amides is 1. The number of hydrogen-bond acceptors (Lipinski definition) is 4. The largest absolute Gasteiger partial charge is 0.376 e. The van der Waals surface area contributed by atoms with Crippen LogP contribution in [0.25, 0.3) is 0 Å². The quantitative estimate of drug-likeness (QED) is 0.894. The van der Waals surface area contributed by atoms with E-state index in [1.807, 2.05) is 0 Å². The Labute approximate surface area is 108 Å². The lowest BCUT2D eigenvalue weighted by Crippen LogP contribution is -2.39. The van der Waals surface area contributed by atoms with Gasteiger partial charge in [-0.1, -0.05) is 23.2 Å². The summed E-state index contributed by atoms with van der Waals surface area (Å²) in [5.41, 5.74) is 0. The summed E-state index contributed by atoms with van der Waals surface area (Å²) in [5.74, 6) is 0.0224. The van der Waals surface area contributed by atoms with Gasteiger partial charge in [0, 0.05) is 12.3 Å². The molecule has 1 aliphatic heterocycles. The van der Waals surface area contributed by atoms with Crippen molar-refractivity contribution in [2.75, 3.05) is 25.1 Å². The molecule has 1 aromatic rings. The van der Waals surface area contributed by atoms with Gasteiger partial charge in [-0.05, 0) is 0 Å². The Morgan fingerprint density at radius 3 is 2.88 bits per heavy atom. The zero-order valence-electron chi connectivity index (χ0n) is 8.78. The van der Waals surface area contributed by atoms with Gasteiger partial charge in [0.25, 0.3) is 5.91 Å². The minimum Gasteiger partial charge on any atom is -0.376 e. The predicted molar refractivity (Wildman–Crippen MR) is 63.4 cm³/mol. The Morgan fingerprint density at radius 1 is 1.41 bits per heavy atom. The monoisotopic (exact) mass is 276 g/mol. The Balaban J connectivity index is 1.99. The summed E-state index contributed by atoms with van der Waals surface area (Å²) in [4.78, 5) is 15.7. The number of ether oxygens (including phenoxy) is 2. The highest BCUT2D eigenvalue weighted by Crippen LogP contribution is 2.22. The zero-order valence-corrected chi connectivity index (χ0v) is 10.3. The molecule has 17 heavy (non-hydrogen) atoms. The van der Waals surface area contributed by atoms with Crippen LogP contribution in [0.3, 0.4) is 0 Å². The van der Waals surface area contributed by atoms with E-state index in [1.54, 1.807) is 0 Å². The first kappa shape index (κ1) is 12.6. The van der Waals surface area contributed by atoms with Crippen LogP contribution in [0.2, 0.25) is 10.0 Å². The van der Waals surface area contributed by atoms with Gasteiger partial charge in [0.15, 0.2) is 6.10 Å². The average molecular weight is 277 g/mol. The second kappa shape index (κ2) is 5.64. The number of nitrogens with one attached hydrogen (secondary N) is 1. The lowest BCUT2D eigenvalue weighted by Gasteiger charge is -2.21. The summed E-state index contributed by atoms with van der Waals surface area (Å²) >= 11 is 11.5. The normalized spacial score (nSPS) is 20.0. The molecular formula is C10H10Cl2N2O3. The summed E-state index contributed by atoms with van der Waals surface area (Å²) in [7, 11) is 0. The molecule has 0 aromatic carbocycles. The van der Waals surface area contributed by atoms with Crippen molar-refractivity contribution >= 4 is 34.9 Å². The maximum atomic E-state index is 11.7. The fraction of sp³-hybridized carbons (Fsp3) is 0.400. The Kier molecular flexibility index (Phi) is 4.17. The zero-order chi connectivity index (χ0) is 12.3. The third-order valence-corrected chi connectivity index (χ3v) is 2.88. The Morgan fingerprint density at radius 2 is 2.24 bits per heavy atom. The molecule has 0 spiro atoms. The summed E-state index contributed by atoms with van der Waals surface area (Å²) < 4.78 is 10.4. The highest BCUT2D eigenvalue weighted by molar-refractivity contribution is 6.42. The van der Waals surface area contributed by atoms with Crippen LogP contribution in [0.4, 0.5) is 5.82 Å². The van der Waals surface area contributed by atoms with E-state index < -0.39 is 6.10 Å². The van der Waals surface area contributed by atoms with Crippen LogP contribution in [0.1, 0.15) is 0 Å². The molecule has 1 aliphatic rings. The first-order valence-corrected chi connectivity index (χ1v) is 5.73. The Bertz CT molecular complexity index is 422. The van der Waals surface area contributed by atoms with Gasteiger partial charge in [-0.25, -0.2) is 4.98 Å². The van der Waals surface area contributed by atoms with E-state index in [0.29, 0.717) is 29.1 Å². The van der Waals surface area contributed by atoms with Crippen LogP contribution in [0.15, 0.2) is 12.3 Å². The number of pyridine rings is 1. The fourth-order valence-corrected chi connectivity index (χ4v) is 1.58. The summed E-state index contributed by atoms with van der Waals surface area (Å²) in [5, 5.41) is 3.25. The molecule has 1 fully saturated rings. The van der Waals surface area contributed by atoms with Gasteiger partial charge in [-0.3, -0.25) is 4.79 Å². The molecule has 5 nitrogen and oxygen atoms in total. The molecule has 2 rings (SSSR count). The first-order valence-electron chi connectivity index (χ1n) is 4.98. The van der Waals surface area contributed by atoms with Gasteiger partial charge >= 0.3 is 0 Å². The van der Waals surface area contributed by atoms with Gasteiger partial charge in [0.2, 0.25) is 0 Å². The molecule has 0 unspecified atom stereocenters. The molecule has 7 heteroatoms. The minimum absolute atomic E-state index is 0.243. The highest BCUT2D eigenvalue weighted by atomic mass is 35.5. The highest BCUT2D eigenvalue weighted by Gasteiger charge is 2.23. The minimum atomic E-state index is -0.611. The Hall–Kier alpha value is -0.880. The van der Waals surface area contributed by atoms with Crippen molar-refractivity contribution < 1.29 is 14.3 Å². The van der Waals surface area contributed by atoms with Gasteiger partial charge in [0.1, 0.15) is 5.82 Å². The van der Waals surface area contributed by atoms with E-state index in [2.05, 4.69) is 10.3 Å². The third kappa shape index (κ3) is 3.29. The molecule has 0 bridgehead atoms. The van der Waals surface area contributed by atoms with E-state index >= 15 is 0 Å². The van der Waals surface area contributed by atoms with E-state index in [1.165, 1.54) is 12.3 Å². The molecule has 0 radical (unpaired) electrons. The van der Waals surface area contributed by atoms with Gasteiger partial charge in [-0.2, -0.15) is 0 Å². The van der Waals surface area contributed by atoms with Crippen molar-refractivity contribution in [3.63, 3.8) is 0 Å². The van der Waals surface area contributed by atoms with Crippen molar-refractivity contribution in [2.45, 2.75) is 6.10 Å². The maximum absolute atomic E-state index is 11.7. The number of halogens is 2. The molecule has 0 aliphatic carbocycles. The van der Waals surface area contributed by atoms with Crippen LogP contribution in [-0.4, -0.2) is 36.8 Å². The van der Waals surface area contributed by atoms with Crippen LogP contribution >= 0.6 is 23.2 Å². The van der Waals surface area contributed by atoms with Crippen LogP contribution in [0.5, 0.6) is 0 Å². The molecule has 2 heterocycles. The van der Waals surface area contributed by atoms with Crippen molar-refractivity contribution in [1.82, 2.24) is 4.98 Å². The summed E-state index contributed by atoms with van der Waals surface area (Å²) in [6.45, 7) is 1.16. The third-order valence-electron chi connectivity index (χ3n) is 2.17. The van der Waals surface area contributed by atoms with E-state index in [4.69, 9.17) is 32.7 Å². The van der Waals surface area contributed by atoms with Crippen LogP contribution in [-0.2, 0) is 14.3 Å². The topological polar surface area (TPSA) is 60.5 Å². The number of nitrogens with zero attached hydrogens (tertiary/aromatic N) is 1. The second-order valence-corrected chi connectivity index (χ2v) is 4.22. The number of carbonyl (C=O) groups is 1. The van der Waals surface area contributed by atoms with Gasteiger partial charge in [0.05, 0.1) is 29.9 Å². The molecule has 0 saturated carbocycles. The molecule has 1 atom stereocenters. The SMILES string of the molecule is O=C(Nc1cc(Cl)c(Cl)cn1)[C@H]1COCCO1. The predicted octanol–water partition coefficient (Wildman–Crippen LogP) is 1.74. The second-order valence-electron chi connectivity index (χ2n) is 3.41. The van der Waals surface area contributed by atoms with Gasteiger partial charge < -0.3 is 14.8 Å². The van der Waals surface area contributed by atoms with E-state index in [-0.39, 0.29) is 12.5 Å². The summed E-state index contributed by atoms with van der Waals surface area (Å²) in [6, 6.07) is 1.48. The number of carbonyl (C=O) groups excluding carboxylic acids is 1. The molecule has 1 saturated heterocycles. The number of rotatable bonds is 2. The standard InChI is InChI=1S/C10H10Cl2N2O3/c11-6-3-9(13-4-7(6)12)14-10(15)8-5-16-1-2-17-8/h3-4,8H,1-2,5H2,(H,13,14,15)/t8-/m1/s1. The first-order chi connectivity index (χ1) is 8.16. The number of hydrogen-bond donors (Lipinski definition) is 1. The van der Waals surface area contributed by atoms with Crippen LogP contribution < -0.4 is 5.32 Å². The van der Waals surface area contributed by atoms with Gasteiger partial charge in [-0.15, -0.1) is 0 Å². The lowest BCUT2D eigenvalue weighted by atomic mass is 10.3. The van der Waals surface area contributed by atoms with Crippen molar-refractivity contribution in [2.24, 2.45) is 0 Å². The van der Waals surface area contributed by atoms with E-state index in [0.717, 1.165) is 0 Å². The number of anilines is 1. The van der Waals surface area contributed by atoms with Crippen LogP contribution in [0, 0.1) is 0 Å². The summed E-state index contributed by atoms with van der Waals surface area (Å²) in [6.07, 6.45) is 0.762. The van der Waals surface area contributed by atoms with Crippen molar-refractivity contribution in [1.29, 1.82) is 0 Å². The maximum Gasteiger partial charge on any atom is 0.257 e. The van der Waals surface area contributed by atoms with Crippen molar-refractivity contribution in [3.8, 4) is 0 Å². The smallest absolute Gasteiger partial charge is 0.257 e. The van der Waals surface area contributed by atoms with E-state index in [9.17, 15) is 4.79 Å².